The number of rotatable bonds is 11. The van der Waals surface area contributed by atoms with Gasteiger partial charge in [0.1, 0.15) is 29.9 Å². The molecule has 16 heteroatoms. The first-order valence-electron chi connectivity index (χ1n) is 22.6. The maximum absolute atomic E-state index is 14.7. The summed E-state index contributed by atoms with van der Waals surface area (Å²) in [5.74, 6) is -2.57. The number of nitrogens with one attached hydrogen (secondary N) is 3. The van der Waals surface area contributed by atoms with E-state index < -0.39 is 47.2 Å². The van der Waals surface area contributed by atoms with E-state index in [1.807, 2.05) is 45.2 Å². The second kappa shape index (κ2) is 19.3. The zero-order valence-corrected chi connectivity index (χ0v) is 39.1. The lowest BCUT2D eigenvalue weighted by atomic mass is 9.84. The number of aryl methyl sites for hydroxylation is 1. The van der Waals surface area contributed by atoms with Crippen LogP contribution in [-0.2, 0) is 59.4 Å². The normalized spacial score (nSPS) is 21.4. The van der Waals surface area contributed by atoms with Gasteiger partial charge >= 0.3 is 5.97 Å². The predicted molar refractivity (Wildman–Crippen MR) is 246 cm³/mol. The molecule has 5 atom stereocenters. The van der Waals surface area contributed by atoms with Gasteiger partial charge in [-0.2, -0.15) is 0 Å². The van der Waals surface area contributed by atoms with Gasteiger partial charge in [-0.3, -0.25) is 39.3 Å². The zero-order chi connectivity index (χ0) is 46.9. The number of aromatic hydroxyl groups is 1. The van der Waals surface area contributed by atoms with Gasteiger partial charge in [-0.05, 0) is 97.2 Å². The second-order valence-electron chi connectivity index (χ2n) is 19.0. The van der Waals surface area contributed by atoms with Crippen LogP contribution in [-0.4, -0.2) is 130 Å². The molecule has 4 amide bonds. The van der Waals surface area contributed by atoms with Crippen molar-refractivity contribution in [1.82, 2.24) is 40.4 Å². The Bertz CT molecular complexity index is 2470. The summed E-state index contributed by atoms with van der Waals surface area (Å²) >= 11 is 0. The van der Waals surface area contributed by atoms with Crippen LogP contribution in [0.3, 0.4) is 0 Å². The number of likely N-dealkylation sites (N-methyl/N-ethyl adjacent to an activating group) is 2. The second-order valence-corrected chi connectivity index (χ2v) is 19.0. The molecule has 0 spiro atoms. The van der Waals surface area contributed by atoms with Crippen molar-refractivity contribution in [2.45, 2.75) is 111 Å². The number of cyclic esters (lactones) is 1. The summed E-state index contributed by atoms with van der Waals surface area (Å²) in [6.07, 6.45) is 5.10. The number of carbonyl (C=O) groups excluding carboxylic acids is 5. The van der Waals surface area contributed by atoms with E-state index in [0.717, 1.165) is 38.9 Å². The number of ether oxygens (including phenoxy) is 2. The number of nitrogens with zero attached hydrogens (tertiary/aromatic N) is 5. The van der Waals surface area contributed by atoms with E-state index in [1.54, 1.807) is 32.5 Å². The zero-order valence-electron chi connectivity index (χ0n) is 39.1. The molecule has 65 heavy (non-hydrogen) atoms. The maximum atomic E-state index is 14.7. The molecule has 3 aliphatic heterocycles. The monoisotopic (exact) mass is 892 g/mol. The summed E-state index contributed by atoms with van der Waals surface area (Å²) in [6.45, 7) is 13.0. The summed E-state index contributed by atoms with van der Waals surface area (Å²) in [5.41, 5.74) is 9.68. The Hall–Kier alpha value is -5.84. The molecule has 3 aliphatic rings. The SMILES string of the molecule is CCn1c(-c2cnccc2COC)c2c3cc(ccc31)-c1cc(O)cc(c1)C[C@H](NC(=O)[C@H](C(C)C)N(C)C(=O)CN(C)C(=O)[C@H]1N[C@@H]1C)C(=O)N1CCC[C@H](N1)C(=O)OCC(C)(C)C2. The third-order valence-corrected chi connectivity index (χ3v) is 12.9. The highest BCUT2D eigenvalue weighted by Crippen LogP contribution is 2.41. The van der Waals surface area contributed by atoms with Crippen molar-refractivity contribution in [2.24, 2.45) is 11.3 Å². The van der Waals surface area contributed by atoms with Crippen LogP contribution < -0.4 is 16.1 Å². The van der Waals surface area contributed by atoms with Crippen LogP contribution in [0.25, 0.3) is 33.3 Å². The van der Waals surface area contributed by atoms with Gasteiger partial charge < -0.3 is 34.3 Å². The fourth-order valence-corrected chi connectivity index (χ4v) is 9.41. The van der Waals surface area contributed by atoms with Crippen molar-refractivity contribution >= 4 is 40.5 Å². The molecule has 4 aromatic rings. The first-order chi connectivity index (χ1) is 30.9. The fourth-order valence-electron chi connectivity index (χ4n) is 9.41. The molecular formula is C49H64N8O8. The first kappa shape index (κ1) is 47.1. The highest BCUT2D eigenvalue weighted by molar-refractivity contribution is 5.96. The number of pyridine rings is 1. The summed E-state index contributed by atoms with van der Waals surface area (Å²) in [5, 5.41) is 19.7. The van der Waals surface area contributed by atoms with Gasteiger partial charge in [0.25, 0.3) is 5.91 Å². The Balaban J connectivity index is 1.29. The average molecular weight is 893 g/mol. The molecular weight excluding hydrogens is 829 g/mol. The lowest BCUT2D eigenvalue weighted by Crippen LogP contribution is -2.62. The first-order valence-corrected chi connectivity index (χ1v) is 22.6. The Morgan fingerprint density at radius 1 is 1.09 bits per heavy atom. The molecule has 6 bridgehead atoms. The van der Waals surface area contributed by atoms with Crippen LogP contribution in [0, 0.1) is 11.3 Å². The molecule has 0 saturated carbocycles. The lowest BCUT2D eigenvalue weighted by Gasteiger charge is -2.37. The Kier molecular flexibility index (Phi) is 14.0. The molecule has 2 fully saturated rings. The molecule has 0 unspecified atom stereocenters. The molecule has 4 N–H and O–H groups in total. The maximum Gasteiger partial charge on any atom is 0.324 e. The number of amides is 4. The predicted octanol–water partition coefficient (Wildman–Crippen LogP) is 4.19. The minimum atomic E-state index is -1.18. The number of methoxy groups -OCH3 is 1. The summed E-state index contributed by atoms with van der Waals surface area (Å²) in [7, 11) is 4.75. The Labute approximate surface area is 381 Å². The average Bonchev–Trinajstić information content (AvgIpc) is 3.93. The topological polar surface area (TPSA) is 198 Å². The third-order valence-electron chi connectivity index (χ3n) is 12.9. The van der Waals surface area contributed by atoms with E-state index in [1.165, 1.54) is 21.9 Å². The van der Waals surface area contributed by atoms with Gasteiger partial charge in [0, 0.05) is 81.0 Å². The molecule has 0 aliphatic carbocycles. The number of phenols is 1. The smallest absolute Gasteiger partial charge is 0.324 e. The van der Waals surface area contributed by atoms with Crippen LogP contribution in [0.15, 0.2) is 54.9 Å². The van der Waals surface area contributed by atoms with Gasteiger partial charge in [-0.1, -0.05) is 39.8 Å². The number of fused-ring (bicyclic) bond motifs is 6. The summed E-state index contributed by atoms with van der Waals surface area (Å²) in [6, 6.07) is 10.1. The van der Waals surface area contributed by atoms with E-state index in [0.29, 0.717) is 43.5 Å². The molecule has 348 valence electrons. The number of carbonyl (C=O) groups is 5. The number of hydrogen-bond acceptors (Lipinski definition) is 11. The molecule has 2 aromatic carbocycles. The van der Waals surface area contributed by atoms with E-state index in [9.17, 15) is 29.1 Å². The molecule has 7 rings (SSSR count). The fraction of sp³-hybridized carbons (Fsp3) is 0.510. The highest BCUT2D eigenvalue weighted by Gasteiger charge is 2.42. The lowest BCUT2D eigenvalue weighted by molar-refractivity contribution is -0.155. The van der Waals surface area contributed by atoms with Crippen molar-refractivity contribution < 1.29 is 38.6 Å². The van der Waals surface area contributed by atoms with Crippen molar-refractivity contribution in [3.63, 3.8) is 0 Å². The number of hydrazine groups is 1. The number of benzene rings is 2. The minimum Gasteiger partial charge on any atom is -0.508 e. The molecule has 2 saturated heterocycles. The standard InChI is InChI=1S/C49H64N8O8/c1-10-56-40-14-13-31-22-35(40)36(44(56)37-24-50-16-15-32(37)26-64-9)23-49(5,6)27-65-48(63)38-12-11-17-57(53-38)46(61)39(20-30-18-33(31)21-34(58)19-30)52-45(60)43(28(2)3)55(8)41(59)25-54(7)47(62)42-29(4)51-42/h13-16,18-19,21-22,24,28-29,38-39,42-43,51,53,58H,10-12,17,20,23,25-27H2,1-9H3,(H,52,60)/t29-,38+,39+,42+,43+/m1/s1. The van der Waals surface area contributed by atoms with Gasteiger partial charge in [0.05, 0.1) is 25.5 Å². The minimum absolute atomic E-state index is 0.0176. The Morgan fingerprint density at radius 2 is 1.85 bits per heavy atom. The highest BCUT2D eigenvalue weighted by atomic mass is 16.5. The van der Waals surface area contributed by atoms with Crippen LogP contribution >= 0.6 is 0 Å². The van der Waals surface area contributed by atoms with E-state index >= 15 is 0 Å². The summed E-state index contributed by atoms with van der Waals surface area (Å²) < 4.78 is 14.0. The molecule has 5 heterocycles. The quantitative estimate of drug-likeness (QED) is 0.125. The van der Waals surface area contributed by atoms with Crippen LogP contribution in [0.5, 0.6) is 5.75 Å². The van der Waals surface area contributed by atoms with Crippen molar-refractivity contribution in [3.05, 3.63) is 71.5 Å². The van der Waals surface area contributed by atoms with E-state index in [2.05, 4.69) is 58.5 Å². The molecule has 0 radical (unpaired) electrons. The van der Waals surface area contributed by atoms with Crippen LogP contribution in [0.2, 0.25) is 0 Å². The van der Waals surface area contributed by atoms with Gasteiger partial charge in [0.2, 0.25) is 17.7 Å². The number of aromatic nitrogens is 2. The van der Waals surface area contributed by atoms with Crippen molar-refractivity contribution in [2.75, 3.05) is 40.9 Å². The van der Waals surface area contributed by atoms with Gasteiger partial charge in [0.15, 0.2) is 0 Å². The largest absolute Gasteiger partial charge is 0.508 e. The Morgan fingerprint density at radius 3 is 2.54 bits per heavy atom. The summed E-state index contributed by atoms with van der Waals surface area (Å²) in [4.78, 5) is 76.6. The third kappa shape index (κ3) is 10.2. The number of esters is 1. The van der Waals surface area contributed by atoms with Crippen LogP contribution in [0.4, 0.5) is 0 Å². The number of hydrogen-bond donors (Lipinski definition) is 4. The van der Waals surface area contributed by atoms with E-state index in [4.69, 9.17) is 9.47 Å². The van der Waals surface area contributed by atoms with Gasteiger partial charge in [-0.25, -0.2) is 5.43 Å². The number of phenolic OH excluding ortho intramolecular Hbond substituents is 1. The van der Waals surface area contributed by atoms with Crippen LogP contribution in [0.1, 0.15) is 71.1 Å². The van der Waals surface area contributed by atoms with Crippen molar-refractivity contribution in [3.8, 4) is 28.1 Å². The molecule has 16 nitrogen and oxygen atoms in total. The van der Waals surface area contributed by atoms with E-state index in [-0.39, 0.29) is 55.8 Å². The van der Waals surface area contributed by atoms with Gasteiger partial charge in [-0.15, -0.1) is 0 Å². The van der Waals surface area contributed by atoms with Crippen molar-refractivity contribution in [1.29, 1.82) is 0 Å². The molecule has 2 aromatic heterocycles.